The van der Waals surface area contributed by atoms with Crippen LogP contribution in [0, 0.1) is 6.92 Å². The van der Waals surface area contributed by atoms with Crippen LogP contribution in [0.4, 0.5) is 0 Å². The second-order valence-electron chi connectivity index (χ2n) is 4.01. The lowest BCUT2D eigenvalue weighted by atomic mass is 10.1. The van der Waals surface area contributed by atoms with Gasteiger partial charge in [0.05, 0.1) is 11.4 Å². The van der Waals surface area contributed by atoms with Crippen molar-refractivity contribution in [3.05, 3.63) is 35.9 Å². The molecule has 0 aromatic carbocycles. The van der Waals surface area contributed by atoms with Crippen molar-refractivity contribution in [3.8, 4) is 11.4 Å². The zero-order valence-corrected chi connectivity index (χ0v) is 10.2. The molecule has 0 saturated heterocycles. The van der Waals surface area contributed by atoms with Gasteiger partial charge in [0, 0.05) is 18.0 Å². The number of nitrogens with zero attached hydrogens (tertiary/aromatic N) is 4. The van der Waals surface area contributed by atoms with E-state index in [2.05, 4.69) is 27.1 Å². The van der Waals surface area contributed by atoms with Crippen molar-refractivity contribution in [1.82, 2.24) is 20.2 Å². The molecule has 0 amide bonds. The Kier molecular flexibility index (Phi) is 3.75. The van der Waals surface area contributed by atoms with Gasteiger partial charge in [-0.25, -0.2) is 4.98 Å². The van der Waals surface area contributed by atoms with Crippen LogP contribution in [-0.4, -0.2) is 20.2 Å². The quantitative estimate of drug-likeness (QED) is 0.807. The zero-order chi connectivity index (χ0) is 12.1. The second-order valence-corrected chi connectivity index (χ2v) is 4.01. The minimum Gasteiger partial charge on any atom is -0.265 e. The summed E-state index contributed by atoms with van der Waals surface area (Å²) in [6, 6.07) is 3.80. The largest absolute Gasteiger partial charge is 0.265 e. The number of aryl methyl sites for hydroxylation is 2. The smallest absolute Gasteiger partial charge is 0.182 e. The topological polar surface area (TPSA) is 51.6 Å². The first-order valence-corrected chi connectivity index (χ1v) is 5.92. The molecule has 2 rings (SSSR count). The first-order valence-electron chi connectivity index (χ1n) is 5.92. The van der Waals surface area contributed by atoms with E-state index < -0.39 is 0 Å². The molecular formula is C13H16N4. The maximum Gasteiger partial charge on any atom is 0.182 e. The Morgan fingerprint density at radius 1 is 1.12 bits per heavy atom. The van der Waals surface area contributed by atoms with Gasteiger partial charge in [0.2, 0.25) is 0 Å². The molecule has 2 heterocycles. The summed E-state index contributed by atoms with van der Waals surface area (Å²) >= 11 is 0. The molecule has 0 spiro atoms. The van der Waals surface area contributed by atoms with Crippen LogP contribution in [0.1, 0.15) is 31.2 Å². The molecule has 0 aliphatic carbocycles. The van der Waals surface area contributed by atoms with E-state index in [1.807, 2.05) is 19.1 Å². The first-order chi connectivity index (χ1) is 8.31. The molecule has 88 valence electrons. The predicted molar refractivity (Wildman–Crippen MR) is 66.4 cm³/mol. The number of hydrogen-bond donors (Lipinski definition) is 0. The molecule has 0 N–H and O–H groups in total. The van der Waals surface area contributed by atoms with Gasteiger partial charge in [-0.15, -0.1) is 5.10 Å². The number of hydrogen-bond acceptors (Lipinski definition) is 4. The zero-order valence-electron chi connectivity index (χ0n) is 10.2. The van der Waals surface area contributed by atoms with Crippen LogP contribution in [0.2, 0.25) is 0 Å². The molecule has 0 bridgehead atoms. The van der Waals surface area contributed by atoms with Crippen LogP contribution in [0.3, 0.4) is 0 Å². The maximum absolute atomic E-state index is 4.58. The Hall–Kier alpha value is -1.84. The van der Waals surface area contributed by atoms with Crippen LogP contribution in [0.5, 0.6) is 0 Å². The summed E-state index contributed by atoms with van der Waals surface area (Å²) in [4.78, 5) is 8.56. The highest BCUT2D eigenvalue weighted by Gasteiger charge is 2.06. The lowest BCUT2D eigenvalue weighted by Gasteiger charge is -2.05. The molecule has 0 radical (unpaired) electrons. The lowest BCUT2D eigenvalue weighted by Crippen LogP contribution is -2.02. The maximum atomic E-state index is 4.58. The minimum atomic E-state index is 0.684. The summed E-state index contributed by atoms with van der Waals surface area (Å²) in [6.45, 7) is 4.13. The Bertz CT molecular complexity index is 482. The molecule has 2 aromatic rings. The second kappa shape index (κ2) is 5.48. The third-order valence-corrected chi connectivity index (χ3v) is 2.66. The number of rotatable bonds is 4. The fourth-order valence-corrected chi connectivity index (χ4v) is 1.62. The minimum absolute atomic E-state index is 0.684. The van der Waals surface area contributed by atoms with Crippen molar-refractivity contribution in [2.24, 2.45) is 0 Å². The van der Waals surface area contributed by atoms with Gasteiger partial charge in [0.25, 0.3) is 0 Å². The van der Waals surface area contributed by atoms with Crippen molar-refractivity contribution >= 4 is 0 Å². The Morgan fingerprint density at radius 3 is 2.59 bits per heavy atom. The Labute approximate surface area is 101 Å². The van der Waals surface area contributed by atoms with Crippen LogP contribution < -0.4 is 0 Å². The summed E-state index contributed by atoms with van der Waals surface area (Å²) in [6.07, 6.45) is 6.74. The molecule has 2 aromatic heterocycles. The van der Waals surface area contributed by atoms with E-state index in [4.69, 9.17) is 0 Å². The van der Waals surface area contributed by atoms with Gasteiger partial charge in [-0.2, -0.15) is 5.10 Å². The average Bonchev–Trinajstić information content (AvgIpc) is 2.39. The Balaban J connectivity index is 2.31. The van der Waals surface area contributed by atoms with E-state index in [1.54, 1.807) is 12.4 Å². The molecule has 0 saturated carbocycles. The summed E-state index contributed by atoms with van der Waals surface area (Å²) in [7, 11) is 0. The molecular weight excluding hydrogens is 212 g/mol. The van der Waals surface area contributed by atoms with Gasteiger partial charge in [0.15, 0.2) is 5.82 Å². The molecule has 4 heteroatoms. The first kappa shape index (κ1) is 11.6. The SMILES string of the molecule is CCCCc1nc(-c2ccncc2)nnc1C. The summed E-state index contributed by atoms with van der Waals surface area (Å²) < 4.78 is 0. The van der Waals surface area contributed by atoms with E-state index >= 15 is 0 Å². The van der Waals surface area contributed by atoms with Crippen LogP contribution in [-0.2, 0) is 6.42 Å². The fraction of sp³-hybridized carbons (Fsp3) is 0.385. The van der Waals surface area contributed by atoms with Crippen LogP contribution in [0.15, 0.2) is 24.5 Å². The van der Waals surface area contributed by atoms with Gasteiger partial charge < -0.3 is 0 Å². The molecule has 0 aliphatic heterocycles. The van der Waals surface area contributed by atoms with Crippen LogP contribution in [0.25, 0.3) is 11.4 Å². The van der Waals surface area contributed by atoms with Crippen molar-refractivity contribution < 1.29 is 0 Å². The van der Waals surface area contributed by atoms with E-state index in [0.717, 1.165) is 36.2 Å². The number of pyridine rings is 1. The third-order valence-electron chi connectivity index (χ3n) is 2.66. The molecule has 4 nitrogen and oxygen atoms in total. The highest BCUT2D eigenvalue weighted by atomic mass is 15.2. The number of aromatic nitrogens is 4. The average molecular weight is 228 g/mol. The normalized spacial score (nSPS) is 10.5. The monoisotopic (exact) mass is 228 g/mol. The molecule has 0 fully saturated rings. The van der Waals surface area contributed by atoms with Crippen molar-refractivity contribution in [1.29, 1.82) is 0 Å². The number of unbranched alkanes of at least 4 members (excludes halogenated alkanes) is 1. The molecule has 0 atom stereocenters. The molecule has 17 heavy (non-hydrogen) atoms. The Morgan fingerprint density at radius 2 is 1.88 bits per heavy atom. The van der Waals surface area contributed by atoms with Crippen LogP contribution >= 0.6 is 0 Å². The molecule has 0 aliphatic rings. The van der Waals surface area contributed by atoms with Crippen molar-refractivity contribution in [2.75, 3.05) is 0 Å². The highest BCUT2D eigenvalue weighted by molar-refractivity contribution is 5.53. The standard InChI is InChI=1S/C13H16N4/c1-3-4-5-12-10(2)16-17-13(15-12)11-6-8-14-9-7-11/h6-9H,3-5H2,1-2H3. The predicted octanol–water partition coefficient (Wildman–Crippen LogP) is 2.58. The van der Waals surface area contributed by atoms with Gasteiger partial charge in [-0.05, 0) is 31.9 Å². The highest BCUT2D eigenvalue weighted by Crippen LogP contribution is 2.14. The van der Waals surface area contributed by atoms with Gasteiger partial charge in [0.1, 0.15) is 0 Å². The van der Waals surface area contributed by atoms with Crippen molar-refractivity contribution in [2.45, 2.75) is 33.1 Å². The van der Waals surface area contributed by atoms with Gasteiger partial charge in [-0.3, -0.25) is 4.98 Å². The third kappa shape index (κ3) is 2.84. The van der Waals surface area contributed by atoms with E-state index in [9.17, 15) is 0 Å². The lowest BCUT2D eigenvalue weighted by molar-refractivity contribution is 0.751. The molecule has 0 unspecified atom stereocenters. The summed E-state index contributed by atoms with van der Waals surface area (Å²) in [5.74, 6) is 0.684. The fourth-order valence-electron chi connectivity index (χ4n) is 1.62. The van der Waals surface area contributed by atoms with Gasteiger partial charge in [-0.1, -0.05) is 13.3 Å². The van der Waals surface area contributed by atoms with Crippen molar-refractivity contribution in [3.63, 3.8) is 0 Å². The summed E-state index contributed by atoms with van der Waals surface area (Å²) in [5, 5.41) is 8.30. The van der Waals surface area contributed by atoms with E-state index in [-0.39, 0.29) is 0 Å². The summed E-state index contributed by atoms with van der Waals surface area (Å²) in [5.41, 5.74) is 2.94. The van der Waals surface area contributed by atoms with E-state index in [0.29, 0.717) is 5.82 Å². The van der Waals surface area contributed by atoms with E-state index in [1.165, 1.54) is 0 Å². The van der Waals surface area contributed by atoms with Gasteiger partial charge >= 0.3 is 0 Å².